The van der Waals surface area contributed by atoms with Gasteiger partial charge in [0.25, 0.3) is 5.91 Å². The van der Waals surface area contributed by atoms with E-state index in [0.29, 0.717) is 19.5 Å². The minimum absolute atomic E-state index is 0.101. The molecule has 126 valence electrons. The number of nitrogens with zero attached hydrogens (tertiary/aromatic N) is 1. The fourth-order valence-electron chi connectivity index (χ4n) is 2.92. The Bertz CT molecular complexity index is 560. The van der Waals surface area contributed by atoms with Crippen molar-refractivity contribution in [3.63, 3.8) is 0 Å². The number of likely N-dealkylation sites (tertiary alicyclic amines) is 1. The summed E-state index contributed by atoms with van der Waals surface area (Å²) in [4.78, 5) is 26.3. The normalized spacial score (nSPS) is 15.5. The Labute approximate surface area is 139 Å². The van der Waals surface area contributed by atoms with E-state index in [0.717, 1.165) is 36.8 Å². The molecule has 2 rings (SSSR count). The third kappa shape index (κ3) is 4.81. The van der Waals surface area contributed by atoms with Crippen LogP contribution in [-0.2, 0) is 4.79 Å². The molecule has 1 N–H and O–H groups in total. The molecule has 1 aliphatic rings. The number of amides is 2. The number of unbranched alkanes of at least 4 members (excludes halogenated alkanes) is 1. The van der Waals surface area contributed by atoms with Gasteiger partial charge in [-0.1, -0.05) is 19.4 Å². The Morgan fingerprint density at radius 3 is 2.48 bits per heavy atom. The molecule has 0 radical (unpaired) electrons. The molecule has 1 aromatic carbocycles. The molecule has 0 unspecified atom stereocenters. The first-order chi connectivity index (χ1) is 11.0. The first-order valence-electron chi connectivity index (χ1n) is 8.67. The Hall–Kier alpha value is -1.84. The van der Waals surface area contributed by atoms with Crippen LogP contribution in [0.25, 0.3) is 0 Å². The molecule has 4 heteroatoms. The van der Waals surface area contributed by atoms with Crippen LogP contribution in [0, 0.1) is 13.8 Å². The molecule has 0 bridgehead atoms. The predicted molar refractivity (Wildman–Crippen MR) is 92.5 cm³/mol. The van der Waals surface area contributed by atoms with Crippen molar-refractivity contribution in [1.82, 2.24) is 10.2 Å². The van der Waals surface area contributed by atoms with E-state index in [2.05, 4.69) is 19.2 Å². The smallest absolute Gasteiger partial charge is 0.253 e. The quantitative estimate of drug-likeness (QED) is 0.907. The third-order valence-corrected chi connectivity index (χ3v) is 4.66. The van der Waals surface area contributed by atoms with E-state index < -0.39 is 0 Å². The fourth-order valence-corrected chi connectivity index (χ4v) is 2.92. The van der Waals surface area contributed by atoms with Crippen molar-refractivity contribution in [3.05, 3.63) is 34.9 Å². The lowest BCUT2D eigenvalue weighted by Crippen LogP contribution is -2.46. The topological polar surface area (TPSA) is 49.4 Å². The summed E-state index contributed by atoms with van der Waals surface area (Å²) in [6.07, 6.45) is 4.27. The molecule has 0 aromatic heterocycles. The molecule has 1 heterocycles. The number of piperidine rings is 1. The van der Waals surface area contributed by atoms with Crippen LogP contribution < -0.4 is 5.32 Å². The van der Waals surface area contributed by atoms with E-state index in [4.69, 9.17) is 0 Å². The summed E-state index contributed by atoms with van der Waals surface area (Å²) in [5, 5.41) is 3.09. The lowest BCUT2D eigenvalue weighted by atomic mass is 10.0. The van der Waals surface area contributed by atoms with Crippen molar-refractivity contribution in [1.29, 1.82) is 0 Å². The standard InChI is InChI=1S/C19H28N2O2/c1-4-5-6-18(22)20-17-9-11-21(12-10-17)19(23)16-8-7-14(2)15(3)13-16/h7-8,13,17H,4-6,9-12H2,1-3H3,(H,20,22). The molecule has 0 atom stereocenters. The summed E-state index contributed by atoms with van der Waals surface area (Å²) in [6.45, 7) is 7.60. The summed E-state index contributed by atoms with van der Waals surface area (Å²) in [5.74, 6) is 0.245. The van der Waals surface area contributed by atoms with Gasteiger partial charge in [-0.15, -0.1) is 0 Å². The number of nitrogens with one attached hydrogen (secondary N) is 1. The SMILES string of the molecule is CCCCC(=O)NC1CCN(C(=O)c2ccc(C)c(C)c2)CC1. The van der Waals surface area contributed by atoms with Crippen molar-refractivity contribution in [2.24, 2.45) is 0 Å². The van der Waals surface area contributed by atoms with Gasteiger partial charge in [0.05, 0.1) is 0 Å². The zero-order chi connectivity index (χ0) is 16.8. The summed E-state index contributed by atoms with van der Waals surface area (Å²) in [5.41, 5.74) is 3.11. The molecule has 1 aliphatic heterocycles. The van der Waals surface area contributed by atoms with Gasteiger partial charge >= 0.3 is 0 Å². The van der Waals surface area contributed by atoms with Crippen LogP contribution in [0.1, 0.15) is 60.5 Å². The van der Waals surface area contributed by atoms with Crippen LogP contribution in [0.2, 0.25) is 0 Å². The summed E-state index contributed by atoms with van der Waals surface area (Å²) in [6, 6.07) is 6.09. The lowest BCUT2D eigenvalue weighted by Gasteiger charge is -2.32. The molecule has 0 saturated carbocycles. The lowest BCUT2D eigenvalue weighted by molar-refractivity contribution is -0.122. The molecule has 23 heavy (non-hydrogen) atoms. The van der Waals surface area contributed by atoms with Gasteiger partial charge in [-0.2, -0.15) is 0 Å². The van der Waals surface area contributed by atoms with Crippen molar-refractivity contribution >= 4 is 11.8 Å². The number of carbonyl (C=O) groups excluding carboxylic acids is 2. The molecule has 0 aliphatic carbocycles. The van der Waals surface area contributed by atoms with E-state index in [-0.39, 0.29) is 17.9 Å². The second-order valence-electron chi connectivity index (χ2n) is 6.54. The maximum atomic E-state index is 12.6. The molecule has 1 fully saturated rings. The maximum Gasteiger partial charge on any atom is 0.253 e. The highest BCUT2D eigenvalue weighted by molar-refractivity contribution is 5.94. The highest BCUT2D eigenvalue weighted by Gasteiger charge is 2.24. The first kappa shape index (κ1) is 17.5. The van der Waals surface area contributed by atoms with Gasteiger partial charge < -0.3 is 10.2 Å². The third-order valence-electron chi connectivity index (χ3n) is 4.66. The second kappa shape index (κ2) is 8.14. The average Bonchev–Trinajstić information content (AvgIpc) is 2.55. The van der Waals surface area contributed by atoms with Crippen LogP contribution >= 0.6 is 0 Å². The number of rotatable bonds is 5. The van der Waals surface area contributed by atoms with Gasteiger partial charge in [-0.3, -0.25) is 9.59 Å². The van der Waals surface area contributed by atoms with E-state index in [1.807, 2.05) is 30.0 Å². The van der Waals surface area contributed by atoms with Gasteiger partial charge in [0.2, 0.25) is 5.91 Å². The van der Waals surface area contributed by atoms with Crippen molar-refractivity contribution in [3.8, 4) is 0 Å². The average molecular weight is 316 g/mol. The minimum Gasteiger partial charge on any atom is -0.353 e. The highest BCUT2D eigenvalue weighted by atomic mass is 16.2. The van der Waals surface area contributed by atoms with Gasteiger partial charge in [0.1, 0.15) is 0 Å². The summed E-state index contributed by atoms with van der Waals surface area (Å²) >= 11 is 0. The Morgan fingerprint density at radius 1 is 1.17 bits per heavy atom. The largest absolute Gasteiger partial charge is 0.353 e. The first-order valence-corrected chi connectivity index (χ1v) is 8.67. The second-order valence-corrected chi connectivity index (χ2v) is 6.54. The minimum atomic E-state index is 0.101. The molecule has 4 nitrogen and oxygen atoms in total. The van der Waals surface area contributed by atoms with Crippen LogP contribution in [0.15, 0.2) is 18.2 Å². The highest BCUT2D eigenvalue weighted by Crippen LogP contribution is 2.16. The van der Waals surface area contributed by atoms with Gasteiger partial charge in [0, 0.05) is 31.1 Å². The van der Waals surface area contributed by atoms with Crippen LogP contribution in [-0.4, -0.2) is 35.8 Å². The Balaban J connectivity index is 1.85. The van der Waals surface area contributed by atoms with Crippen LogP contribution in [0.5, 0.6) is 0 Å². The van der Waals surface area contributed by atoms with Crippen molar-refractivity contribution < 1.29 is 9.59 Å². The van der Waals surface area contributed by atoms with Crippen molar-refractivity contribution in [2.75, 3.05) is 13.1 Å². The van der Waals surface area contributed by atoms with E-state index in [1.165, 1.54) is 5.56 Å². The Kier molecular flexibility index (Phi) is 6.20. The van der Waals surface area contributed by atoms with Gasteiger partial charge in [-0.05, 0) is 56.4 Å². The van der Waals surface area contributed by atoms with E-state index in [9.17, 15) is 9.59 Å². The number of aryl methyl sites for hydroxylation is 2. The molecule has 1 aromatic rings. The molecule has 0 spiro atoms. The van der Waals surface area contributed by atoms with E-state index in [1.54, 1.807) is 0 Å². The zero-order valence-corrected chi connectivity index (χ0v) is 14.5. The number of benzene rings is 1. The van der Waals surface area contributed by atoms with Crippen LogP contribution in [0.4, 0.5) is 0 Å². The number of hydrogen-bond donors (Lipinski definition) is 1. The van der Waals surface area contributed by atoms with Crippen molar-refractivity contribution in [2.45, 2.75) is 58.9 Å². The molecular formula is C19H28N2O2. The number of carbonyl (C=O) groups is 2. The maximum absolute atomic E-state index is 12.6. The predicted octanol–water partition coefficient (Wildman–Crippen LogP) is 3.21. The zero-order valence-electron chi connectivity index (χ0n) is 14.5. The molecule has 1 saturated heterocycles. The monoisotopic (exact) mass is 316 g/mol. The Morgan fingerprint density at radius 2 is 1.87 bits per heavy atom. The molecule has 2 amide bonds. The van der Waals surface area contributed by atoms with Gasteiger partial charge in [-0.25, -0.2) is 0 Å². The van der Waals surface area contributed by atoms with Gasteiger partial charge in [0.15, 0.2) is 0 Å². The van der Waals surface area contributed by atoms with E-state index >= 15 is 0 Å². The van der Waals surface area contributed by atoms with Crippen LogP contribution in [0.3, 0.4) is 0 Å². The molecular weight excluding hydrogens is 288 g/mol. The summed E-state index contributed by atoms with van der Waals surface area (Å²) in [7, 11) is 0. The fraction of sp³-hybridized carbons (Fsp3) is 0.579. The number of hydrogen-bond acceptors (Lipinski definition) is 2. The summed E-state index contributed by atoms with van der Waals surface area (Å²) < 4.78 is 0.